The van der Waals surface area contributed by atoms with Gasteiger partial charge in [0.15, 0.2) is 0 Å². The van der Waals surface area contributed by atoms with Crippen LogP contribution in [-0.4, -0.2) is 91.2 Å². The Hall–Kier alpha value is -3.38. The number of hydrogen-bond donors (Lipinski definition) is 2. The Morgan fingerprint density at radius 2 is 1.63 bits per heavy atom. The zero-order valence-corrected chi connectivity index (χ0v) is 38.3. The smallest absolute Gasteiger partial charge is 0.410 e. The molecule has 11 nitrogen and oxygen atoms in total. The van der Waals surface area contributed by atoms with Crippen molar-refractivity contribution in [2.75, 3.05) is 46.2 Å². The monoisotopic (exact) mass is 865 g/mol. The van der Waals surface area contributed by atoms with Crippen molar-refractivity contribution in [1.82, 2.24) is 4.90 Å². The van der Waals surface area contributed by atoms with Crippen molar-refractivity contribution < 1.29 is 43.5 Å². The highest BCUT2D eigenvalue weighted by molar-refractivity contribution is 6.03. The molecule has 2 aliphatic carbocycles. The molecule has 2 fully saturated rings. The van der Waals surface area contributed by atoms with E-state index in [1.54, 1.807) is 12.2 Å². The zero-order valence-electron chi connectivity index (χ0n) is 38.3. The Morgan fingerprint density at radius 1 is 0.903 bits per heavy atom. The molecule has 0 bridgehead atoms. The van der Waals surface area contributed by atoms with E-state index in [0.29, 0.717) is 57.8 Å². The van der Waals surface area contributed by atoms with E-state index in [2.05, 4.69) is 39.1 Å². The molecule has 0 spiro atoms. The first-order valence-electron chi connectivity index (χ1n) is 24.5. The van der Waals surface area contributed by atoms with Gasteiger partial charge in [0.05, 0.1) is 31.5 Å². The number of oxime groups is 1. The number of carbonyl (C=O) groups excluding carboxylic acids is 1. The molecule has 0 radical (unpaired) electrons. The molecule has 1 saturated heterocycles. The highest BCUT2D eigenvalue weighted by Gasteiger charge is 2.65. The first-order valence-corrected chi connectivity index (χ1v) is 24.5. The largest absolute Gasteiger partial charge is 0.490 e. The summed E-state index contributed by atoms with van der Waals surface area (Å²) in [4.78, 5) is 22.7. The van der Waals surface area contributed by atoms with Crippen LogP contribution in [0.25, 0.3) is 0 Å². The predicted molar refractivity (Wildman–Crippen MR) is 246 cm³/mol. The molecule has 348 valence electrons. The highest BCUT2D eigenvalue weighted by Crippen LogP contribution is 2.62. The summed E-state index contributed by atoms with van der Waals surface area (Å²) in [7, 11) is 0. The number of rotatable bonds is 30. The summed E-state index contributed by atoms with van der Waals surface area (Å²) < 4.78 is 32.7. The second kappa shape index (κ2) is 27.1. The molecule has 7 atom stereocenters. The topological polar surface area (TPSA) is 129 Å². The van der Waals surface area contributed by atoms with E-state index in [1.807, 2.05) is 17.0 Å². The van der Waals surface area contributed by atoms with Gasteiger partial charge in [-0.2, -0.15) is 0 Å². The Kier molecular flexibility index (Phi) is 21.7. The molecule has 1 amide bonds. The molecule has 2 aliphatic heterocycles. The SMILES string of the molecule is C=CCOc1ccc2c(c1)C1C(CCCCO)C(CCCCO)C=C3C(=NOC4CCCCO4)CC(N(CCC)C(=O)OCCCCCCCCCCCC)C(OCC=C)(O2)C31. The standard InChI is InChI=1S/C51H80N2O9/c1-5-9-10-11-12-13-14-15-16-22-35-59-50(56)53(29-6-2)46-38-44(52-62-47-26-19-23-34-58-47)42-36-39(24-17-20-30-54)41(25-18-21-31-55)48-43-37-40(57-32-7-3)27-28-45(43)61-51(46,49(42)48)60-33-8-4/h7-8,27-28,36-37,39,41,46-49,54-55H,3-6,9-26,29-35,38H2,1-2H3. The van der Waals surface area contributed by atoms with Crippen LogP contribution < -0.4 is 9.47 Å². The van der Waals surface area contributed by atoms with E-state index in [1.165, 1.54) is 44.9 Å². The average molecular weight is 865 g/mol. The number of aliphatic hydroxyl groups excluding tert-OH is 2. The van der Waals surface area contributed by atoms with E-state index in [4.69, 9.17) is 33.7 Å². The Bertz CT molecular complexity index is 1560. The molecule has 62 heavy (non-hydrogen) atoms. The molecule has 2 heterocycles. The lowest BCUT2D eigenvalue weighted by Crippen LogP contribution is -2.70. The number of allylic oxidation sites excluding steroid dienone is 1. The fraction of sp³-hybridized carbons (Fsp3) is 0.725. The van der Waals surface area contributed by atoms with Crippen molar-refractivity contribution in [2.45, 2.75) is 173 Å². The van der Waals surface area contributed by atoms with Gasteiger partial charge in [0.1, 0.15) is 24.1 Å². The van der Waals surface area contributed by atoms with Gasteiger partial charge in [-0.25, -0.2) is 4.79 Å². The predicted octanol–water partition coefficient (Wildman–Crippen LogP) is 11.2. The summed E-state index contributed by atoms with van der Waals surface area (Å²) >= 11 is 0. The Morgan fingerprint density at radius 3 is 2.31 bits per heavy atom. The normalized spacial score (nSPS) is 25.8. The van der Waals surface area contributed by atoms with E-state index >= 15 is 0 Å². The summed E-state index contributed by atoms with van der Waals surface area (Å²) in [5.41, 5.74) is 2.77. The molecule has 4 aliphatic rings. The molecule has 0 aromatic heterocycles. The molecular formula is C51H80N2O9. The van der Waals surface area contributed by atoms with Gasteiger partial charge in [-0.05, 0) is 87.0 Å². The van der Waals surface area contributed by atoms with Crippen LogP contribution in [-0.2, 0) is 19.0 Å². The van der Waals surface area contributed by atoms with E-state index in [9.17, 15) is 15.0 Å². The number of ether oxygens (including phenoxy) is 5. The average Bonchev–Trinajstić information content (AvgIpc) is 3.29. The third-order valence-electron chi connectivity index (χ3n) is 13.2. The number of unbranched alkanes of at least 4 members (excludes halogenated alkanes) is 11. The lowest BCUT2D eigenvalue weighted by atomic mass is 9.55. The summed E-state index contributed by atoms with van der Waals surface area (Å²) in [5.74, 6) is -0.226. The molecule has 1 aromatic rings. The van der Waals surface area contributed by atoms with Crippen LogP contribution in [0.5, 0.6) is 11.5 Å². The summed E-state index contributed by atoms with van der Waals surface area (Å²) in [6, 6.07) is 5.38. The fourth-order valence-electron chi connectivity index (χ4n) is 10.3. The minimum Gasteiger partial charge on any atom is -0.490 e. The van der Waals surface area contributed by atoms with Gasteiger partial charge in [0.2, 0.25) is 12.1 Å². The minimum absolute atomic E-state index is 0.114. The molecule has 2 N–H and O–H groups in total. The van der Waals surface area contributed by atoms with Gasteiger partial charge in [0, 0.05) is 44.1 Å². The van der Waals surface area contributed by atoms with Crippen molar-refractivity contribution in [1.29, 1.82) is 0 Å². The maximum Gasteiger partial charge on any atom is 0.410 e. The van der Waals surface area contributed by atoms with Crippen LogP contribution in [0.15, 0.2) is 60.3 Å². The number of aliphatic hydroxyl groups is 2. The maximum atomic E-state index is 14.6. The van der Waals surface area contributed by atoms with Crippen molar-refractivity contribution >= 4 is 11.8 Å². The third-order valence-corrected chi connectivity index (χ3v) is 13.2. The number of fused-ring (bicyclic) bond motifs is 2. The van der Waals surface area contributed by atoms with Crippen molar-refractivity contribution in [3.8, 4) is 11.5 Å². The first kappa shape index (κ1) is 49.6. The van der Waals surface area contributed by atoms with E-state index in [-0.39, 0.29) is 43.7 Å². The van der Waals surface area contributed by atoms with Crippen LogP contribution in [0, 0.1) is 17.8 Å². The van der Waals surface area contributed by atoms with Crippen molar-refractivity contribution in [3.63, 3.8) is 0 Å². The molecule has 7 unspecified atom stereocenters. The van der Waals surface area contributed by atoms with Gasteiger partial charge >= 0.3 is 6.09 Å². The van der Waals surface area contributed by atoms with E-state index in [0.717, 1.165) is 86.8 Å². The zero-order chi connectivity index (χ0) is 44.0. The van der Waals surface area contributed by atoms with Gasteiger partial charge in [-0.15, -0.1) is 6.58 Å². The third kappa shape index (κ3) is 13.3. The van der Waals surface area contributed by atoms with Gasteiger partial charge in [-0.1, -0.05) is 114 Å². The summed E-state index contributed by atoms with van der Waals surface area (Å²) in [6.07, 6.45) is 25.6. The summed E-state index contributed by atoms with van der Waals surface area (Å²) in [6.45, 7) is 14.5. The highest BCUT2D eigenvalue weighted by atomic mass is 16.8. The van der Waals surface area contributed by atoms with Crippen LogP contribution in [0.1, 0.15) is 160 Å². The lowest BCUT2D eigenvalue weighted by Gasteiger charge is -2.60. The van der Waals surface area contributed by atoms with Crippen LogP contribution in [0.4, 0.5) is 4.79 Å². The number of nitrogens with zero attached hydrogens (tertiary/aromatic N) is 2. The van der Waals surface area contributed by atoms with Crippen LogP contribution in [0.2, 0.25) is 0 Å². The maximum absolute atomic E-state index is 14.6. The second-order valence-electron chi connectivity index (χ2n) is 17.8. The fourth-order valence-corrected chi connectivity index (χ4v) is 10.3. The van der Waals surface area contributed by atoms with Gasteiger partial charge in [-0.3, -0.25) is 4.90 Å². The van der Waals surface area contributed by atoms with Gasteiger partial charge in [0.25, 0.3) is 0 Å². The number of carbonyl (C=O) groups is 1. The van der Waals surface area contributed by atoms with Gasteiger partial charge < -0.3 is 38.7 Å². The van der Waals surface area contributed by atoms with Crippen molar-refractivity contribution in [3.05, 3.63) is 60.7 Å². The molecule has 1 saturated carbocycles. The molecule has 1 aromatic carbocycles. The van der Waals surface area contributed by atoms with E-state index < -0.39 is 24.0 Å². The quantitative estimate of drug-likeness (QED) is 0.0441. The lowest BCUT2D eigenvalue weighted by molar-refractivity contribution is -0.255. The minimum atomic E-state index is -1.34. The number of amides is 1. The van der Waals surface area contributed by atoms with Crippen LogP contribution in [0.3, 0.4) is 0 Å². The second-order valence-corrected chi connectivity index (χ2v) is 17.8. The first-order chi connectivity index (χ1) is 30.5. The number of benzene rings is 1. The summed E-state index contributed by atoms with van der Waals surface area (Å²) in [5, 5.41) is 24.8. The van der Waals surface area contributed by atoms with Crippen LogP contribution >= 0.6 is 0 Å². The van der Waals surface area contributed by atoms with Crippen molar-refractivity contribution in [2.24, 2.45) is 22.9 Å². The Labute approximate surface area is 373 Å². The molecule has 5 rings (SSSR count). The molecule has 11 heteroatoms. The number of hydrogen-bond acceptors (Lipinski definition) is 10. The molecular weight excluding hydrogens is 785 g/mol. The Balaban J connectivity index is 1.57.